The number of halogens is 3. The van der Waals surface area contributed by atoms with Gasteiger partial charge in [-0.2, -0.15) is 8.78 Å². The molecule has 0 aliphatic carbocycles. The van der Waals surface area contributed by atoms with Gasteiger partial charge in [0.25, 0.3) is 0 Å². The molecule has 0 spiro atoms. The van der Waals surface area contributed by atoms with Gasteiger partial charge in [0.05, 0.1) is 6.61 Å². The molecule has 2 rings (SSSR count). The molecule has 0 heterocycles. The Morgan fingerprint density at radius 1 is 1.17 bits per heavy atom. The van der Waals surface area contributed by atoms with Crippen LogP contribution in [0.4, 0.5) is 23.7 Å². The fourth-order valence-electron chi connectivity index (χ4n) is 1.97. The van der Waals surface area contributed by atoms with Crippen LogP contribution in [-0.2, 0) is 13.2 Å². The zero-order valence-electron chi connectivity index (χ0n) is 12.4. The zero-order valence-corrected chi connectivity index (χ0v) is 12.4. The summed E-state index contributed by atoms with van der Waals surface area (Å²) >= 11 is 0. The minimum absolute atomic E-state index is 0.0933. The third-order valence-corrected chi connectivity index (χ3v) is 3.03. The lowest BCUT2D eigenvalue weighted by Crippen LogP contribution is -2.28. The van der Waals surface area contributed by atoms with E-state index in [4.69, 9.17) is 5.11 Å². The average Bonchev–Trinajstić information content (AvgIpc) is 2.55. The van der Waals surface area contributed by atoms with E-state index in [9.17, 15) is 18.0 Å². The van der Waals surface area contributed by atoms with Crippen LogP contribution in [0.3, 0.4) is 0 Å². The van der Waals surface area contributed by atoms with E-state index in [2.05, 4.69) is 15.4 Å². The monoisotopic (exact) mass is 340 g/mol. The highest BCUT2D eigenvalue weighted by atomic mass is 19.3. The number of aliphatic hydroxyl groups is 1. The average molecular weight is 340 g/mol. The molecule has 0 aliphatic heterocycles. The molecule has 0 saturated carbocycles. The highest BCUT2D eigenvalue weighted by Gasteiger charge is 2.11. The van der Waals surface area contributed by atoms with E-state index in [0.717, 1.165) is 17.7 Å². The summed E-state index contributed by atoms with van der Waals surface area (Å²) in [7, 11) is 0. The summed E-state index contributed by atoms with van der Waals surface area (Å²) < 4.78 is 41.6. The number of anilines is 1. The van der Waals surface area contributed by atoms with Gasteiger partial charge in [0.2, 0.25) is 0 Å². The largest absolute Gasteiger partial charge is 0.432 e. The molecular weight excluding hydrogens is 325 g/mol. The first kappa shape index (κ1) is 17.6. The lowest BCUT2D eigenvalue weighted by molar-refractivity contribution is -0.0521. The standard InChI is InChI=1S/C16H15F3N2O3/c17-13-7-12(4-5-14(13)24-15(18)19)21-16(23)20-8-10-2-1-3-11(6-10)9-22/h1-7,15,22H,8-9H2,(H2,20,21,23). The van der Waals surface area contributed by atoms with Crippen molar-refractivity contribution in [2.45, 2.75) is 19.8 Å². The molecular formula is C16H15F3N2O3. The number of ether oxygens (including phenoxy) is 1. The van der Waals surface area contributed by atoms with Crippen LogP contribution in [-0.4, -0.2) is 17.7 Å². The van der Waals surface area contributed by atoms with Gasteiger partial charge >= 0.3 is 12.6 Å². The summed E-state index contributed by atoms with van der Waals surface area (Å²) in [6, 6.07) is 9.53. The molecule has 0 saturated heterocycles. The third kappa shape index (κ3) is 5.17. The van der Waals surface area contributed by atoms with Gasteiger partial charge in [-0.3, -0.25) is 0 Å². The van der Waals surface area contributed by atoms with E-state index in [1.54, 1.807) is 24.3 Å². The van der Waals surface area contributed by atoms with E-state index in [0.29, 0.717) is 5.56 Å². The topological polar surface area (TPSA) is 70.6 Å². The second-order valence-electron chi connectivity index (χ2n) is 4.81. The number of hydrogen-bond donors (Lipinski definition) is 3. The number of urea groups is 1. The molecule has 0 radical (unpaired) electrons. The number of carbonyl (C=O) groups is 1. The number of nitrogens with one attached hydrogen (secondary N) is 2. The van der Waals surface area contributed by atoms with E-state index < -0.39 is 24.2 Å². The summed E-state index contributed by atoms with van der Waals surface area (Å²) in [4.78, 5) is 11.8. The molecule has 3 N–H and O–H groups in total. The molecule has 2 amide bonds. The predicted molar refractivity (Wildman–Crippen MR) is 81.3 cm³/mol. The third-order valence-electron chi connectivity index (χ3n) is 3.03. The van der Waals surface area contributed by atoms with Crippen molar-refractivity contribution in [3.63, 3.8) is 0 Å². The van der Waals surface area contributed by atoms with Crippen LogP contribution in [0, 0.1) is 5.82 Å². The van der Waals surface area contributed by atoms with Crippen LogP contribution >= 0.6 is 0 Å². The van der Waals surface area contributed by atoms with Gasteiger partial charge in [-0.15, -0.1) is 0 Å². The van der Waals surface area contributed by atoms with E-state index in [1.165, 1.54) is 6.07 Å². The Morgan fingerprint density at radius 3 is 2.58 bits per heavy atom. The van der Waals surface area contributed by atoms with Crippen molar-refractivity contribution >= 4 is 11.7 Å². The SMILES string of the molecule is O=C(NCc1cccc(CO)c1)Nc1ccc(OC(F)F)c(F)c1. The maximum absolute atomic E-state index is 13.5. The molecule has 8 heteroatoms. The van der Waals surface area contributed by atoms with Crippen molar-refractivity contribution in [1.29, 1.82) is 0 Å². The van der Waals surface area contributed by atoms with E-state index in [-0.39, 0.29) is 18.8 Å². The maximum Gasteiger partial charge on any atom is 0.387 e. The number of alkyl halides is 2. The van der Waals surface area contributed by atoms with Crippen LogP contribution in [0.5, 0.6) is 5.75 Å². The Bertz CT molecular complexity index is 711. The molecule has 128 valence electrons. The first-order valence-electron chi connectivity index (χ1n) is 6.96. The van der Waals surface area contributed by atoms with E-state index in [1.807, 2.05) is 0 Å². The molecule has 0 bridgehead atoms. The number of benzene rings is 2. The van der Waals surface area contributed by atoms with Crippen LogP contribution in [0.1, 0.15) is 11.1 Å². The Kier molecular flexibility index (Phi) is 6.02. The number of hydrogen-bond acceptors (Lipinski definition) is 3. The van der Waals surface area contributed by atoms with Crippen molar-refractivity contribution in [1.82, 2.24) is 5.32 Å². The second kappa shape index (κ2) is 8.21. The summed E-state index contributed by atoms with van der Waals surface area (Å²) in [6.45, 7) is -3.03. The summed E-state index contributed by atoms with van der Waals surface area (Å²) in [6.07, 6.45) is 0. The van der Waals surface area contributed by atoms with Gasteiger partial charge in [-0.25, -0.2) is 9.18 Å². The highest BCUT2D eigenvalue weighted by molar-refractivity contribution is 5.89. The van der Waals surface area contributed by atoms with Crippen LogP contribution < -0.4 is 15.4 Å². The lowest BCUT2D eigenvalue weighted by Gasteiger charge is -2.10. The van der Waals surface area contributed by atoms with Gasteiger partial charge in [-0.05, 0) is 23.3 Å². The van der Waals surface area contributed by atoms with Crippen molar-refractivity contribution in [3.8, 4) is 5.75 Å². The van der Waals surface area contributed by atoms with Gasteiger partial charge in [0.1, 0.15) is 0 Å². The fourth-order valence-corrected chi connectivity index (χ4v) is 1.97. The molecule has 2 aromatic rings. The molecule has 0 fully saturated rings. The van der Waals surface area contributed by atoms with Crippen LogP contribution in [0.2, 0.25) is 0 Å². The van der Waals surface area contributed by atoms with Gasteiger partial charge in [-0.1, -0.05) is 24.3 Å². The molecule has 0 aromatic heterocycles. The second-order valence-corrected chi connectivity index (χ2v) is 4.81. The van der Waals surface area contributed by atoms with Crippen LogP contribution in [0.15, 0.2) is 42.5 Å². The van der Waals surface area contributed by atoms with Crippen molar-refractivity contribution in [2.75, 3.05) is 5.32 Å². The molecule has 5 nitrogen and oxygen atoms in total. The van der Waals surface area contributed by atoms with Gasteiger partial charge in [0.15, 0.2) is 11.6 Å². The highest BCUT2D eigenvalue weighted by Crippen LogP contribution is 2.22. The van der Waals surface area contributed by atoms with Gasteiger partial charge < -0.3 is 20.5 Å². The van der Waals surface area contributed by atoms with Crippen LogP contribution in [0.25, 0.3) is 0 Å². The fraction of sp³-hybridized carbons (Fsp3) is 0.188. The number of aliphatic hydroxyl groups excluding tert-OH is 1. The first-order valence-corrected chi connectivity index (χ1v) is 6.96. The molecule has 0 aliphatic rings. The maximum atomic E-state index is 13.5. The summed E-state index contributed by atoms with van der Waals surface area (Å²) in [5.41, 5.74) is 1.59. The Balaban J connectivity index is 1.91. The number of rotatable bonds is 6. The normalized spacial score (nSPS) is 10.5. The Labute approximate surface area is 136 Å². The molecule has 2 aromatic carbocycles. The summed E-state index contributed by atoms with van der Waals surface area (Å²) in [5.74, 6) is -1.61. The minimum atomic E-state index is -3.13. The molecule has 24 heavy (non-hydrogen) atoms. The molecule has 0 atom stereocenters. The lowest BCUT2D eigenvalue weighted by atomic mass is 10.1. The number of carbonyl (C=O) groups excluding carboxylic acids is 1. The minimum Gasteiger partial charge on any atom is -0.432 e. The Hall–Kier alpha value is -2.74. The van der Waals surface area contributed by atoms with Crippen molar-refractivity contribution < 1.29 is 27.8 Å². The van der Waals surface area contributed by atoms with Crippen molar-refractivity contribution in [2.24, 2.45) is 0 Å². The van der Waals surface area contributed by atoms with Gasteiger partial charge in [0, 0.05) is 18.3 Å². The zero-order chi connectivity index (χ0) is 17.5. The van der Waals surface area contributed by atoms with E-state index >= 15 is 0 Å². The quantitative estimate of drug-likeness (QED) is 0.756. The Morgan fingerprint density at radius 2 is 1.92 bits per heavy atom. The van der Waals surface area contributed by atoms with Crippen molar-refractivity contribution in [3.05, 3.63) is 59.4 Å². The first-order chi connectivity index (χ1) is 11.5. The predicted octanol–water partition coefficient (Wildman–Crippen LogP) is 3.24. The number of amides is 2. The smallest absolute Gasteiger partial charge is 0.387 e. The molecule has 0 unspecified atom stereocenters. The summed E-state index contributed by atoms with van der Waals surface area (Å²) in [5, 5.41) is 14.0.